The topological polar surface area (TPSA) is 58.1 Å². The number of aromatic nitrogens is 2. The van der Waals surface area contributed by atoms with Crippen LogP contribution >= 0.6 is 0 Å². The zero-order chi connectivity index (χ0) is 20.1. The number of hydrogen-bond donors (Lipinski definition) is 1. The third-order valence-electron chi connectivity index (χ3n) is 4.43. The van der Waals surface area contributed by atoms with Crippen LogP contribution in [0, 0.1) is 13.8 Å². The highest BCUT2D eigenvalue weighted by Crippen LogP contribution is 2.18. The number of carbonyl (C=O) groups excluding carboxylic acids is 1. The Hall–Kier alpha value is -3.21. The Kier molecular flexibility index (Phi) is 6.04. The number of hydrogen-bond acceptors (Lipinski definition) is 4. The second-order valence-corrected chi connectivity index (χ2v) is 7.23. The fourth-order valence-corrected chi connectivity index (χ4v) is 2.98. The Morgan fingerprint density at radius 3 is 2.43 bits per heavy atom. The van der Waals surface area contributed by atoms with Crippen molar-refractivity contribution in [2.45, 2.75) is 40.3 Å². The van der Waals surface area contributed by atoms with Gasteiger partial charge in [0, 0.05) is 24.0 Å². The van der Waals surface area contributed by atoms with Crippen LogP contribution in [0.15, 0.2) is 60.7 Å². The SMILES string of the molecule is Cc1cccc(NC(=O)c2cc(C)nc(N(Cc3ccccc3)C(C)C)n2)c1. The van der Waals surface area contributed by atoms with Crippen molar-refractivity contribution in [3.8, 4) is 0 Å². The summed E-state index contributed by atoms with van der Waals surface area (Å²) in [4.78, 5) is 24.0. The predicted molar refractivity (Wildman–Crippen MR) is 114 cm³/mol. The summed E-state index contributed by atoms with van der Waals surface area (Å²) in [5.74, 6) is 0.328. The van der Waals surface area contributed by atoms with Gasteiger partial charge in [-0.25, -0.2) is 9.97 Å². The first-order valence-electron chi connectivity index (χ1n) is 9.46. The molecule has 0 aliphatic heterocycles. The van der Waals surface area contributed by atoms with E-state index in [-0.39, 0.29) is 11.9 Å². The number of benzene rings is 2. The van der Waals surface area contributed by atoms with Crippen LogP contribution in [0.25, 0.3) is 0 Å². The molecule has 0 saturated carbocycles. The van der Waals surface area contributed by atoms with Gasteiger partial charge in [0.1, 0.15) is 5.69 Å². The zero-order valence-electron chi connectivity index (χ0n) is 16.8. The minimum Gasteiger partial charge on any atom is -0.334 e. The first-order valence-corrected chi connectivity index (χ1v) is 9.46. The smallest absolute Gasteiger partial charge is 0.274 e. The highest BCUT2D eigenvalue weighted by molar-refractivity contribution is 6.03. The van der Waals surface area contributed by atoms with E-state index in [1.807, 2.05) is 56.3 Å². The van der Waals surface area contributed by atoms with Gasteiger partial charge in [0.25, 0.3) is 5.91 Å². The molecule has 0 radical (unpaired) electrons. The predicted octanol–water partition coefficient (Wildman–Crippen LogP) is 4.76. The molecule has 5 heteroatoms. The summed E-state index contributed by atoms with van der Waals surface area (Å²) >= 11 is 0. The van der Waals surface area contributed by atoms with Crippen LogP contribution in [0.3, 0.4) is 0 Å². The van der Waals surface area contributed by atoms with Crippen LogP contribution in [0.4, 0.5) is 11.6 Å². The molecule has 3 aromatic rings. The van der Waals surface area contributed by atoms with Crippen molar-refractivity contribution in [2.75, 3.05) is 10.2 Å². The Morgan fingerprint density at radius 1 is 1.00 bits per heavy atom. The van der Waals surface area contributed by atoms with Crippen molar-refractivity contribution in [1.29, 1.82) is 0 Å². The van der Waals surface area contributed by atoms with Gasteiger partial charge in [-0.15, -0.1) is 0 Å². The second kappa shape index (κ2) is 8.65. The largest absolute Gasteiger partial charge is 0.334 e. The molecule has 0 fully saturated rings. The van der Waals surface area contributed by atoms with Gasteiger partial charge in [-0.3, -0.25) is 4.79 Å². The van der Waals surface area contributed by atoms with E-state index >= 15 is 0 Å². The molecule has 1 heterocycles. The van der Waals surface area contributed by atoms with Gasteiger partial charge in [-0.05, 0) is 57.0 Å². The van der Waals surface area contributed by atoms with Crippen LogP contribution in [0.5, 0.6) is 0 Å². The Morgan fingerprint density at radius 2 is 1.75 bits per heavy atom. The maximum Gasteiger partial charge on any atom is 0.274 e. The van der Waals surface area contributed by atoms with E-state index in [0.717, 1.165) is 16.9 Å². The molecule has 0 aliphatic carbocycles. The Bertz CT molecular complexity index is 954. The summed E-state index contributed by atoms with van der Waals surface area (Å²) in [6.07, 6.45) is 0. The van der Waals surface area contributed by atoms with E-state index in [4.69, 9.17) is 0 Å². The van der Waals surface area contributed by atoms with Gasteiger partial charge in [-0.2, -0.15) is 0 Å². The molecule has 1 amide bonds. The molecule has 144 valence electrons. The number of amides is 1. The Balaban J connectivity index is 1.87. The van der Waals surface area contributed by atoms with E-state index in [2.05, 4.69) is 46.2 Å². The summed E-state index contributed by atoms with van der Waals surface area (Å²) in [7, 11) is 0. The van der Waals surface area contributed by atoms with Gasteiger partial charge >= 0.3 is 0 Å². The highest BCUT2D eigenvalue weighted by Gasteiger charge is 2.18. The Labute approximate surface area is 166 Å². The highest BCUT2D eigenvalue weighted by atomic mass is 16.1. The average molecular weight is 374 g/mol. The van der Waals surface area contributed by atoms with Gasteiger partial charge in [0.2, 0.25) is 5.95 Å². The molecular formula is C23H26N4O. The molecule has 0 atom stereocenters. The van der Waals surface area contributed by atoms with Crippen molar-refractivity contribution < 1.29 is 4.79 Å². The molecule has 1 N–H and O–H groups in total. The molecule has 0 unspecified atom stereocenters. The number of rotatable bonds is 6. The van der Waals surface area contributed by atoms with Crippen molar-refractivity contribution in [2.24, 2.45) is 0 Å². The molecular weight excluding hydrogens is 348 g/mol. The monoisotopic (exact) mass is 374 g/mol. The number of anilines is 2. The number of carbonyl (C=O) groups is 1. The minimum atomic E-state index is -0.235. The average Bonchev–Trinajstić information content (AvgIpc) is 2.66. The normalized spacial score (nSPS) is 10.8. The van der Waals surface area contributed by atoms with E-state index in [9.17, 15) is 4.79 Å². The fraction of sp³-hybridized carbons (Fsp3) is 0.261. The summed E-state index contributed by atoms with van der Waals surface area (Å²) in [5, 5.41) is 2.92. The molecule has 28 heavy (non-hydrogen) atoms. The molecule has 0 spiro atoms. The lowest BCUT2D eigenvalue weighted by atomic mass is 10.2. The first-order chi connectivity index (χ1) is 13.4. The number of aryl methyl sites for hydroxylation is 2. The van der Waals surface area contributed by atoms with Gasteiger partial charge < -0.3 is 10.2 Å². The first kappa shape index (κ1) is 19.5. The van der Waals surface area contributed by atoms with E-state index in [0.29, 0.717) is 18.2 Å². The van der Waals surface area contributed by atoms with Crippen LogP contribution in [0.2, 0.25) is 0 Å². The molecule has 0 bridgehead atoms. The molecule has 3 rings (SSSR count). The van der Waals surface area contributed by atoms with Gasteiger partial charge in [0.05, 0.1) is 0 Å². The van der Waals surface area contributed by atoms with Crippen molar-refractivity contribution >= 4 is 17.5 Å². The summed E-state index contributed by atoms with van der Waals surface area (Å²) < 4.78 is 0. The van der Waals surface area contributed by atoms with Crippen LogP contribution in [0.1, 0.15) is 41.2 Å². The third kappa shape index (κ3) is 4.94. The van der Waals surface area contributed by atoms with Crippen LogP contribution < -0.4 is 10.2 Å². The van der Waals surface area contributed by atoms with E-state index in [1.54, 1.807) is 6.07 Å². The van der Waals surface area contributed by atoms with Crippen molar-refractivity contribution in [3.63, 3.8) is 0 Å². The van der Waals surface area contributed by atoms with Crippen molar-refractivity contribution in [3.05, 3.63) is 83.2 Å². The molecule has 0 saturated heterocycles. The van der Waals surface area contributed by atoms with E-state index < -0.39 is 0 Å². The van der Waals surface area contributed by atoms with Crippen LogP contribution in [-0.2, 0) is 6.54 Å². The summed E-state index contributed by atoms with van der Waals surface area (Å²) in [5.41, 5.74) is 4.15. The lowest BCUT2D eigenvalue weighted by molar-refractivity contribution is 0.102. The van der Waals surface area contributed by atoms with E-state index in [1.165, 1.54) is 5.56 Å². The fourth-order valence-electron chi connectivity index (χ4n) is 2.98. The molecule has 0 aliphatic rings. The molecule has 5 nitrogen and oxygen atoms in total. The van der Waals surface area contributed by atoms with Crippen molar-refractivity contribution in [1.82, 2.24) is 9.97 Å². The quantitative estimate of drug-likeness (QED) is 0.676. The summed E-state index contributed by atoms with van der Waals surface area (Å²) in [6, 6.07) is 19.8. The minimum absolute atomic E-state index is 0.190. The van der Waals surface area contributed by atoms with Gasteiger partial charge in [0.15, 0.2) is 0 Å². The lowest BCUT2D eigenvalue weighted by Crippen LogP contribution is -2.32. The molecule has 2 aromatic carbocycles. The van der Waals surface area contributed by atoms with Crippen LogP contribution in [-0.4, -0.2) is 21.9 Å². The van der Waals surface area contributed by atoms with Gasteiger partial charge in [-0.1, -0.05) is 42.5 Å². The maximum absolute atomic E-state index is 12.8. The summed E-state index contributed by atoms with van der Waals surface area (Å²) in [6.45, 7) is 8.76. The lowest BCUT2D eigenvalue weighted by Gasteiger charge is -2.27. The zero-order valence-corrected chi connectivity index (χ0v) is 16.8. The molecule has 1 aromatic heterocycles. The third-order valence-corrected chi connectivity index (χ3v) is 4.43. The second-order valence-electron chi connectivity index (χ2n) is 7.23. The standard InChI is InChI=1S/C23H26N4O/c1-16(2)27(15-19-10-6-5-7-11-19)23-24-18(4)14-21(26-23)22(28)25-20-12-8-9-17(3)13-20/h5-14,16H,15H2,1-4H3,(H,25,28). The number of nitrogens with zero attached hydrogens (tertiary/aromatic N) is 3. The maximum atomic E-state index is 12.8. The number of nitrogens with one attached hydrogen (secondary N) is 1.